The summed E-state index contributed by atoms with van der Waals surface area (Å²) in [7, 11) is 0. The average Bonchev–Trinajstić information content (AvgIpc) is 3.19. The molecule has 1 N–H and O–H groups in total. The Morgan fingerprint density at radius 2 is 2.13 bits per heavy atom. The van der Waals surface area contributed by atoms with Crippen LogP contribution in [0.25, 0.3) is 11.5 Å². The number of halogens is 2. The second kappa shape index (κ2) is 8.69. The molecule has 2 heterocycles. The van der Waals surface area contributed by atoms with Gasteiger partial charge < -0.3 is 9.73 Å². The molecule has 1 unspecified atom stereocenters. The number of hydrogen-bond acceptors (Lipinski definition) is 4. The fourth-order valence-electron chi connectivity index (χ4n) is 2.94. The molecule has 0 aliphatic carbocycles. The molecule has 1 aliphatic rings. The molecule has 1 fully saturated rings. The summed E-state index contributed by atoms with van der Waals surface area (Å²) >= 11 is 5.92. The number of nitrogens with one attached hydrogen (secondary N) is 1. The van der Waals surface area contributed by atoms with Crippen LogP contribution in [0.5, 0.6) is 0 Å². The second-order valence-corrected chi connectivity index (χ2v) is 6.20. The monoisotopic (exact) mass is 355 g/mol. The highest BCUT2D eigenvalue weighted by Crippen LogP contribution is 2.22. The molecule has 0 saturated carbocycles. The molecule has 1 aromatic heterocycles. The minimum atomic E-state index is 0. The molecule has 0 radical (unpaired) electrons. The zero-order valence-corrected chi connectivity index (χ0v) is 14.9. The lowest BCUT2D eigenvalue weighted by Gasteiger charge is -2.26. The minimum absolute atomic E-state index is 0. The lowest BCUT2D eigenvalue weighted by Crippen LogP contribution is -2.37. The molecule has 0 spiro atoms. The van der Waals surface area contributed by atoms with Crippen LogP contribution in [0.4, 0.5) is 0 Å². The molecule has 1 aromatic carbocycles. The van der Waals surface area contributed by atoms with E-state index in [-0.39, 0.29) is 12.4 Å². The van der Waals surface area contributed by atoms with Crippen molar-refractivity contribution >= 4 is 24.0 Å². The van der Waals surface area contributed by atoms with Gasteiger partial charge in [0.2, 0.25) is 5.89 Å². The Morgan fingerprint density at radius 3 is 2.78 bits per heavy atom. The van der Waals surface area contributed by atoms with E-state index in [1.54, 1.807) is 6.26 Å². The predicted molar refractivity (Wildman–Crippen MR) is 96.2 cm³/mol. The molecular weight excluding hydrogens is 333 g/mol. The van der Waals surface area contributed by atoms with Gasteiger partial charge >= 0.3 is 0 Å². The van der Waals surface area contributed by atoms with Crippen molar-refractivity contribution in [3.63, 3.8) is 0 Å². The lowest BCUT2D eigenvalue weighted by molar-refractivity contribution is 0.197. The largest absolute Gasteiger partial charge is 0.444 e. The van der Waals surface area contributed by atoms with Gasteiger partial charge in [-0.1, -0.05) is 18.5 Å². The number of hydrogen-bond donors (Lipinski definition) is 1. The summed E-state index contributed by atoms with van der Waals surface area (Å²) < 4.78 is 5.64. The smallest absolute Gasteiger partial charge is 0.226 e. The minimum Gasteiger partial charge on any atom is -0.444 e. The molecule has 1 aliphatic heterocycles. The highest BCUT2D eigenvalue weighted by Gasteiger charge is 2.22. The van der Waals surface area contributed by atoms with Crippen LogP contribution in [0.1, 0.15) is 25.5 Å². The highest BCUT2D eigenvalue weighted by molar-refractivity contribution is 6.30. The number of rotatable bonds is 6. The van der Waals surface area contributed by atoms with Crippen molar-refractivity contribution in [2.75, 3.05) is 19.6 Å². The van der Waals surface area contributed by atoms with Gasteiger partial charge in [-0.15, -0.1) is 12.4 Å². The Kier molecular flexibility index (Phi) is 6.90. The maximum Gasteiger partial charge on any atom is 0.226 e. The zero-order chi connectivity index (χ0) is 15.4. The van der Waals surface area contributed by atoms with E-state index in [0.717, 1.165) is 48.9 Å². The zero-order valence-electron chi connectivity index (χ0n) is 13.3. The summed E-state index contributed by atoms with van der Waals surface area (Å²) in [5.41, 5.74) is 1.95. The van der Waals surface area contributed by atoms with E-state index in [1.165, 1.54) is 6.42 Å². The molecule has 1 saturated heterocycles. The summed E-state index contributed by atoms with van der Waals surface area (Å²) in [5, 5.41) is 4.16. The first-order chi connectivity index (χ1) is 10.8. The molecule has 4 nitrogen and oxygen atoms in total. The van der Waals surface area contributed by atoms with E-state index in [2.05, 4.69) is 22.1 Å². The SMILES string of the molecule is CCCN(Cc1coc(-c2ccc(Cl)cc2)n1)C1CCNC1.Cl. The van der Waals surface area contributed by atoms with Gasteiger partial charge in [0.1, 0.15) is 6.26 Å². The van der Waals surface area contributed by atoms with Crippen LogP contribution in [0.15, 0.2) is 34.9 Å². The molecule has 1 atom stereocenters. The van der Waals surface area contributed by atoms with Crippen molar-refractivity contribution in [1.82, 2.24) is 15.2 Å². The third kappa shape index (κ3) is 4.70. The molecule has 23 heavy (non-hydrogen) atoms. The van der Waals surface area contributed by atoms with Crippen LogP contribution in [0.3, 0.4) is 0 Å². The van der Waals surface area contributed by atoms with Gasteiger partial charge in [-0.3, -0.25) is 4.90 Å². The number of nitrogens with zero attached hydrogens (tertiary/aromatic N) is 2. The summed E-state index contributed by atoms with van der Waals surface area (Å²) in [6.07, 6.45) is 4.13. The topological polar surface area (TPSA) is 41.3 Å². The van der Waals surface area contributed by atoms with Crippen molar-refractivity contribution < 1.29 is 4.42 Å². The van der Waals surface area contributed by atoms with E-state index in [1.807, 2.05) is 24.3 Å². The second-order valence-electron chi connectivity index (χ2n) is 5.77. The molecule has 6 heteroatoms. The third-order valence-corrected chi connectivity index (χ3v) is 4.32. The predicted octanol–water partition coefficient (Wildman–Crippen LogP) is 3.99. The van der Waals surface area contributed by atoms with Crippen LogP contribution >= 0.6 is 24.0 Å². The van der Waals surface area contributed by atoms with Gasteiger partial charge in [-0.25, -0.2) is 4.98 Å². The highest BCUT2D eigenvalue weighted by atomic mass is 35.5. The molecule has 0 bridgehead atoms. The summed E-state index contributed by atoms with van der Waals surface area (Å²) in [6, 6.07) is 8.18. The Labute approximate surface area is 148 Å². The Morgan fingerprint density at radius 1 is 1.35 bits per heavy atom. The summed E-state index contributed by atoms with van der Waals surface area (Å²) in [6.45, 7) is 6.34. The van der Waals surface area contributed by atoms with Crippen molar-refractivity contribution in [2.24, 2.45) is 0 Å². The molecule has 126 valence electrons. The Bertz CT molecular complexity index is 594. The fourth-order valence-corrected chi connectivity index (χ4v) is 3.07. The van der Waals surface area contributed by atoms with Gasteiger partial charge in [-0.2, -0.15) is 0 Å². The number of aromatic nitrogens is 1. The van der Waals surface area contributed by atoms with Crippen LogP contribution in [0, 0.1) is 0 Å². The maximum atomic E-state index is 5.92. The van der Waals surface area contributed by atoms with E-state index < -0.39 is 0 Å². The summed E-state index contributed by atoms with van der Waals surface area (Å²) in [4.78, 5) is 7.14. The van der Waals surface area contributed by atoms with Gasteiger partial charge in [-0.05, 0) is 50.2 Å². The van der Waals surface area contributed by atoms with Crippen LogP contribution in [-0.4, -0.2) is 35.6 Å². The fraction of sp³-hybridized carbons (Fsp3) is 0.471. The average molecular weight is 356 g/mol. The first-order valence-electron chi connectivity index (χ1n) is 7.91. The van der Waals surface area contributed by atoms with E-state index >= 15 is 0 Å². The Balaban J connectivity index is 0.00000192. The maximum absolute atomic E-state index is 5.92. The first kappa shape index (κ1) is 18.3. The van der Waals surface area contributed by atoms with Gasteiger partial charge in [0.25, 0.3) is 0 Å². The molecule has 3 rings (SSSR count). The third-order valence-electron chi connectivity index (χ3n) is 4.07. The van der Waals surface area contributed by atoms with Gasteiger partial charge in [0.05, 0.1) is 5.69 Å². The van der Waals surface area contributed by atoms with Gasteiger partial charge in [0, 0.05) is 29.7 Å². The van der Waals surface area contributed by atoms with Crippen molar-refractivity contribution in [3.05, 3.63) is 41.2 Å². The normalized spacial score (nSPS) is 17.4. The quantitative estimate of drug-likeness (QED) is 0.850. The van der Waals surface area contributed by atoms with Crippen LogP contribution < -0.4 is 5.32 Å². The number of benzene rings is 1. The lowest BCUT2D eigenvalue weighted by atomic mass is 10.2. The molecule has 0 amide bonds. The van der Waals surface area contributed by atoms with E-state index in [0.29, 0.717) is 11.9 Å². The Hall–Kier alpha value is -1.07. The molecule has 2 aromatic rings. The van der Waals surface area contributed by atoms with Gasteiger partial charge in [0.15, 0.2) is 0 Å². The standard InChI is InChI=1S/C17H22ClN3O.ClH/c1-2-9-21(16-7-8-19-10-16)11-15-12-22-17(20-15)13-3-5-14(18)6-4-13;/h3-6,12,16,19H,2,7-11H2,1H3;1H. The van der Waals surface area contributed by atoms with Crippen molar-refractivity contribution in [3.8, 4) is 11.5 Å². The van der Waals surface area contributed by atoms with Crippen LogP contribution in [0.2, 0.25) is 5.02 Å². The van der Waals surface area contributed by atoms with E-state index in [9.17, 15) is 0 Å². The first-order valence-corrected chi connectivity index (χ1v) is 8.29. The van der Waals surface area contributed by atoms with Crippen molar-refractivity contribution in [2.45, 2.75) is 32.4 Å². The number of oxazole rings is 1. The van der Waals surface area contributed by atoms with Crippen LogP contribution in [-0.2, 0) is 6.54 Å². The van der Waals surface area contributed by atoms with E-state index in [4.69, 9.17) is 16.0 Å². The van der Waals surface area contributed by atoms with Crippen molar-refractivity contribution in [1.29, 1.82) is 0 Å². The summed E-state index contributed by atoms with van der Waals surface area (Å²) in [5.74, 6) is 0.660. The molecular formula is C17H23Cl2N3O.